The lowest BCUT2D eigenvalue weighted by atomic mass is 10.2. The van der Waals surface area contributed by atoms with Crippen LogP contribution in [-0.2, 0) is 6.54 Å². The molecule has 1 aromatic rings. The first-order valence-electron chi connectivity index (χ1n) is 5.87. The fourth-order valence-electron chi connectivity index (χ4n) is 1.35. The van der Waals surface area contributed by atoms with E-state index in [1.165, 1.54) is 0 Å². The highest BCUT2D eigenvalue weighted by Gasteiger charge is 2.05. The van der Waals surface area contributed by atoms with Crippen LogP contribution in [0.15, 0.2) is 24.3 Å². The van der Waals surface area contributed by atoms with Crippen molar-refractivity contribution >= 4 is 0 Å². The maximum Gasteiger partial charge on any atom is 0.123 e. The largest absolute Gasteiger partial charge is 0.491 e. The summed E-state index contributed by atoms with van der Waals surface area (Å²) in [4.78, 5) is 0. The maximum absolute atomic E-state index is 9.45. The second kappa shape index (κ2) is 7.25. The SMILES string of the molecule is CCNCc1ccccc1OCC(O)CC. The van der Waals surface area contributed by atoms with Crippen LogP contribution in [0.2, 0.25) is 0 Å². The minimum absolute atomic E-state index is 0.361. The normalized spacial score (nSPS) is 12.4. The molecular weight excluding hydrogens is 202 g/mol. The van der Waals surface area contributed by atoms with Gasteiger partial charge in [0.1, 0.15) is 12.4 Å². The van der Waals surface area contributed by atoms with Crippen molar-refractivity contribution in [3.63, 3.8) is 0 Å². The molecule has 3 heteroatoms. The Labute approximate surface area is 97.4 Å². The minimum Gasteiger partial charge on any atom is -0.491 e. The van der Waals surface area contributed by atoms with Crippen LogP contribution < -0.4 is 10.1 Å². The van der Waals surface area contributed by atoms with Crippen LogP contribution in [0.3, 0.4) is 0 Å². The van der Waals surface area contributed by atoms with Crippen molar-refractivity contribution in [2.75, 3.05) is 13.2 Å². The van der Waals surface area contributed by atoms with Crippen molar-refractivity contribution < 1.29 is 9.84 Å². The Morgan fingerprint density at radius 2 is 2.06 bits per heavy atom. The number of rotatable bonds is 7. The number of aliphatic hydroxyl groups excluding tert-OH is 1. The Bertz CT molecular complexity index is 302. The van der Waals surface area contributed by atoms with Gasteiger partial charge in [0.2, 0.25) is 0 Å². The molecule has 16 heavy (non-hydrogen) atoms. The first-order chi connectivity index (χ1) is 7.77. The lowest BCUT2D eigenvalue weighted by Crippen LogP contribution is -2.18. The van der Waals surface area contributed by atoms with Gasteiger partial charge in [0.05, 0.1) is 6.10 Å². The number of para-hydroxylation sites is 1. The monoisotopic (exact) mass is 223 g/mol. The summed E-state index contributed by atoms with van der Waals surface area (Å²) in [5.41, 5.74) is 1.13. The summed E-state index contributed by atoms with van der Waals surface area (Å²) in [6.45, 7) is 6.11. The second-order valence-electron chi connectivity index (χ2n) is 3.76. The lowest BCUT2D eigenvalue weighted by molar-refractivity contribution is 0.104. The Morgan fingerprint density at radius 3 is 2.75 bits per heavy atom. The van der Waals surface area contributed by atoms with E-state index >= 15 is 0 Å². The van der Waals surface area contributed by atoms with E-state index < -0.39 is 0 Å². The highest BCUT2D eigenvalue weighted by molar-refractivity contribution is 5.33. The Hall–Kier alpha value is -1.06. The number of benzene rings is 1. The molecule has 0 bridgehead atoms. The summed E-state index contributed by atoms with van der Waals surface area (Å²) in [6.07, 6.45) is 0.335. The van der Waals surface area contributed by atoms with Gasteiger partial charge in [0, 0.05) is 12.1 Å². The second-order valence-corrected chi connectivity index (χ2v) is 3.76. The third kappa shape index (κ3) is 4.21. The van der Waals surface area contributed by atoms with Crippen molar-refractivity contribution in [1.82, 2.24) is 5.32 Å². The Kier molecular flexibility index (Phi) is 5.90. The smallest absolute Gasteiger partial charge is 0.123 e. The fraction of sp³-hybridized carbons (Fsp3) is 0.538. The maximum atomic E-state index is 9.45. The molecule has 2 N–H and O–H groups in total. The number of nitrogens with one attached hydrogen (secondary N) is 1. The van der Waals surface area contributed by atoms with E-state index in [1.807, 2.05) is 31.2 Å². The first-order valence-corrected chi connectivity index (χ1v) is 5.87. The van der Waals surface area contributed by atoms with Crippen LogP contribution in [0.25, 0.3) is 0 Å². The molecule has 0 aliphatic carbocycles. The molecule has 0 aliphatic heterocycles. The van der Waals surface area contributed by atoms with Gasteiger partial charge in [0.15, 0.2) is 0 Å². The van der Waals surface area contributed by atoms with Crippen LogP contribution in [-0.4, -0.2) is 24.4 Å². The quantitative estimate of drug-likeness (QED) is 0.742. The molecule has 0 spiro atoms. The molecule has 1 unspecified atom stereocenters. The van der Waals surface area contributed by atoms with E-state index in [9.17, 15) is 5.11 Å². The molecular formula is C13H21NO2. The molecule has 0 fully saturated rings. The van der Waals surface area contributed by atoms with Gasteiger partial charge in [-0.15, -0.1) is 0 Å². The topological polar surface area (TPSA) is 41.5 Å². The molecule has 3 nitrogen and oxygen atoms in total. The van der Waals surface area contributed by atoms with Crippen LogP contribution in [0, 0.1) is 0 Å². The molecule has 90 valence electrons. The summed E-state index contributed by atoms with van der Waals surface area (Å²) in [7, 11) is 0. The Balaban J connectivity index is 2.56. The van der Waals surface area contributed by atoms with Crippen molar-refractivity contribution in [2.45, 2.75) is 32.9 Å². The van der Waals surface area contributed by atoms with Gasteiger partial charge in [0.25, 0.3) is 0 Å². The zero-order valence-electron chi connectivity index (χ0n) is 10.1. The van der Waals surface area contributed by atoms with E-state index in [2.05, 4.69) is 12.2 Å². The van der Waals surface area contributed by atoms with Crippen molar-refractivity contribution in [3.05, 3.63) is 29.8 Å². The van der Waals surface area contributed by atoms with Gasteiger partial charge in [-0.1, -0.05) is 32.0 Å². The number of hydrogen-bond donors (Lipinski definition) is 2. The average Bonchev–Trinajstić information content (AvgIpc) is 2.34. The standard InChI is InChI=1S/C13H21NO2/c1-3-12(15)10-16-13-8-6-5-7-11(13)9-14-4-2/h5-8,12,14-15H,3-4,9-10H2,1-2H3. The van der Waals surface area contributed by atoms with Gasteiger partial charge < -0.3 is 15.2 Å². The van der Waals surface area contributed by atoms with Crippen LogP contribution in [0.5, 0.6) is 5.75 Å². The van der Waals surface area contributed by atoms with Crippen LogP contribution in [0.4, 0.5) is 0 Å². The predicted molar refractivity (Wildman–Crippen MR) is 65.6 cm³/mol. The number of aliphatic hydroxyl groups is 1. The third-order valence-electron chi connectivity index (χ3n) is 2.44. The van der Waals surface area contributed by atoms with Gasteiger partial charge in [-0.25, -0.2) is 0 Å². The molecule has 1 aromatic carbocycles. The third-order valence-corrected chi connectivity index (χ3v) is 2.44. The molecule has 0 saturated heterocycles. The van der Waals surface area contributed by atoms with E-state index in [1.54, 1.807) is 0 Å². The van der Waals surface area contributed by atoms with E-state index in [0.717, 1.165) is 30.8 Å². The van der Waals surface area contributed by atoms with Crippen LogP contribution >= 0.6 is 0 Å². The molecule has 0 amide bonds. The molecule has 0 heterocycles. The first kappa shape index (κ1) is 13.0. The van der Waals surface area contributed by atoms with Gasteiger partial charge in [-0.3, -0.25) is 0 Å². The number of ether oxygens (including phenoxy) is 1. The number of hydrogen-bond acceptors (Lipinski definition) is 3. The van der Waals surface area contributed by atoms with E-state index in [-0.39, 0.29) is 6.10 Å². The lowest BCUT2D eigenvalue weighted by Gasteiger charge is -2.14. The molecule has 0 aliphatic rings. The molecule has 0 radical (unpaired) electrons. The van der Waals surface area contributed by atoms with Gasteiger partial charge >= 0.3 is 0 Å². The van der Waals surface area contributed by atoms with Gasteiger partial charge in [-0.2, -0.15) is 0 Å². The predicted octanol–water partition coefficient (Wildman–Crippen LogP) is 1.95. The highest BCUT2D eigenvalue weighted by atomic mass is 16.5. The summed E-state index contributed by atoms with van der Waals surface area (Å²) in [5.74, 6) is 0.857. The average molecular weight is 223 g/mol. The minimum atomic E-state index is -0.382. The van der Waals surface area contributed by atoms with Crippen molar-refractivity contribution in [1.29, 1.82) is 0 Å². The summed E-state index contributed by atoms with van der Waals surface area (Å²) >= 11 is 0. The molecule has 1 rings (SSSR count). The Morgan fingerprint density at radius 1 is 1.31 bits per heavy atom. The summed E-state index contributed by atoms with van der Waals surface area (Å²) < 4.78 is 5.60. The molecule has 0 saturated carbocycles. The molecule has 0 aromatic heterocycles. The summed E-state index contributed by atoms with van der Waals surface area (Å²) in [6, 6.07) is 7.92. The van der Waals surface area contributed by atoms with Crippen molar-refractivity contribution in [2.24, 2.45) is 0 Å². The molecule has 1 atom stereocenters. The van der Waals surface area contributed by atoms with Gasteiger partial charge in [-0.05, 0) is 19.0 Å². The van der Waals surface area contributed by atoms with E-state index in [0.29, 0.717) is 6.61 Å². The van der Waals surface area contributed by atoms with E-state index in [4.69, 9.17) is 4.74 Å². The van der Waals surface area contributed by atoms with Crippen molar-refractivity contribution in [3.8, 4) is 5.75 Å². The van der Waals surface area contributed by atoms with Crippen LogP contribution in [0.1, 0.15) is 25.8 Å². The fourth-order valence-corrected chi connectivity index (χ4v) is 1.35. The summed E-state index contributed by atoms with van der Waals surface area (Å²) in [5, 5.41) is 12.7. The zero-order chi connectivity index (χ0) is 11.8. The zero-order valence-corrected chi connectivity index (χ0v) is 10.1. The highest BCUT2D eigenvalue weighted by Crippen LogP contribution is 2.17.